The van der Waals surface area contributed by atoms with Crippen LogP contribution in [-0.4, -0.2) is 44.7 Å². The topological polar surface area (TPSA) is 80.0 Å². The highest BCUT2D eigenvalue weighted by molar-refractivity contribution is 7.99. The van der Waals surface area contributed by atoms with Gasteiger partial charge in [0.05, 0.1) is 12.4 Å². The molecule has 0 aliphatic carbocycles. The zero-order chi connectivity index (χ0) is 18.4. The molecule has 2 aromatic carbocycles. The lowest BCUT2D eigenvalue weighted by Crippen LogP contribution is -2.28. The van der Waals surface area contributed by atoms with Gasteiger partial charge in [-0.25, -0.2) is 0 Å². The molecule has 0 bridgehead atoms. The Balaban J connectivity index is 1.92. The standard InChI is InChI=1S/C18H17ClN4O2S/c19-14-8-6-13(7-9-14)17-21-22-18(26-12-16(25)20-10-11-24)23(17)15-4-2-1-3-5-15/h1-9,24H,10-12H2,(H,20,25). The second-order valence-electron chi connectivity index (χ2n) is 5.35. The molecule has 0 aliphatic rings. The third-order valence-corrected chi connectivity index (χ3v) is 4.70. The fourth-order valence-electron chi connectivity index (χ4n) is 2.34. The first-order chi connectivity index (χ1) is 12.7. The number of amides is 1. The van der Waals surface area contributed by atoms with Gasteiger partial charge in [0.15, 0.2) is 11.0 Å². The number of nitrogens with zero attached hydrogens (tertiary/aromatic N) is 3. The number of hydrogen-bond acceptors (Lipinski definition) is 5. The lowest BCUT2D eigenvalue weighted by molar-refractivity contribution is -0.118. The van der Waals surface area contributed by atoms with Gasteiger partial charge < -0.3 is 10.4 Å². The molecule has 1 aromatic heterocycles. The van der Waals surface area contributed by atoms with E-state index < -0.39 is 0 Å². The lowest BCUT2D eigenvalue weighted by atomic mass is 10.2. The summed E-state index contributed by atoms with van der Waals surface area (Å²) in [5, 5.41) is 21.2. The SMILES string of the molecule is O=C(CSc1nnc(-c2ccc(Cl)cc2)n1-c1ccccc1)NCCO. The number of halogens is 1. The Kier molecular flexibility index (Phi) is 6.27. The number of para-hydroxylation sites is 1. The summed E-state index contributed by atoms with van der Waals surface area (Å²) < 4.78 is 1.91. The van der Waals surface area contributed by atoms with Crippen LogP contribution >= 0.6 is 23.4 Å². The Bertz CT molecular complexity index is 869. The quantitative estimate of drug-likeness (QED) is 0.608. The molecule has 0 atom stereocenters. The summed E-state index contributed by atoms with van der Waals surface area (Å²) in [7, 11) is 0. The van der Waals surface area contributed by atoms with Crippen LogP contribution in [0.3, 0.4) is 0 Å². The Morgan fingerprint density at radius 3 is 2.54 bits per heavy atom. The van der Waals surface area contributed by atoms with Crippen LogP contribution in [0.4, 0.5) is 0 Å². The van der Waals surface area contributed by atoms with E-state index in [0.29, 0.717) is 16.0 Å². The largest absolute Gasteiger partial charge is 0.395 e. The summed E-state index contributed by atoms with van der Waals surface area (Å²) in [6.07, 6.45) is 0. The van der Waals surface area contributed by atoms with E-state index in [1.54, 1.807) is 12.1 Å². The van der Waals surface area contributed by atoms with Crippen LogP contribution in [0.1, 0.15) is 0 Å². The van der Waals surface area contributed by atoms with E-state index in [-0.39, 0.29) is 24.8 Å². The molecule has 2 N–H and O–H groups in total. The first kappa shape index (κ1) is 18.4. The molecule has 0 fully saturated rings. The van der Waals surface area contributed by atoms with Crippen molar-refractivity contribution in [1.29, 1.82) is 0 Å². The lowest BCUT2D eigenvalue weighted by Gasteiger charge is -2.10. The van der Waals surface area contributed by atoms with Crippen molar-refractivity contribution < 1.29 is 9.90 Å². The fraction of sp³-hybridized carbons (Fsp3) is 0.167. The van der Waals surface area contributed by atoms with Gasteiger partial charge in [-0.15, -0.1) is 10.2 Å². The highest BCUT2D eigenvalue weighted by Crippen LogP contribution is 2.28. The number of rotatable bonds is 7. The van der Waals surface area contributed by atoms with Crippen LogP contribution in [0, 0.1) is 0 Å². The summed E-state index contributed by atoms with van der Waals surface area (Å²) in [6, 6.07) is 17.1. The van der Waals surface area contributed by atoms with E-state index >= 15 is 0 Å². The number of aromatic nitrogens is 3. The summed E-state index contributed by atoms with van der Waals surface area (Å²) in [5.41, 5.74) is 1.78. The number of carbonyl (C=O) groups is 1. The molecule has 134 valence electrons. The van der Waals surface area contributed by atoms with Crippen molar-refractivity contribution in [1.82, 2.24) is 20.1 Å². The minimum Gasteiger partial charge on any atom is -0.395 e. The Morgan fingerprint density at radius 1 is 1.12 bits per heavy atom. The van der Waals surface area contributed by atoms with Crippen molar-refractivity contribution in [3.63, 3.8) is 0 Å². The number of benzene rings is 2. The minimum atomic E-state index is -0.167. The van der Waals surface area contributed by atoms with E-state index in [0.717, 1.165) is 11.3 Å². The molecule has 26 heavy (non-hydrogen) atoms. The van der Waals surface area contributed by atoms with Gasteiger partial charge in [0.2, 0.25) is 5.91 Å². The maximum absolute atomic E-state index is 11.8. The van der Waals surface area contributed by atoms with Crippen molar-refractivity contribution in [3.8, 4) is 17.1 Å². The first-order valence-electron chi connectivity index (χ1n) is 7.96. The third-order valence-electron chi connectivity index (χ3n) is 3.52. The van der Waals surface area contributed by atoms with Gasteiger partial charge in [0.25, 0.3) is 0 Å². The highest BCUT2D eigenvalue weighted by atomic mass is 35.5. The molecular weight excluding hydrogens is 372 g/mol. The van der Waals surface area contributed by atoms with Crippen LogP contribution in [-0.2, 0) is 4.79 Å². The molecule has 1 heterocycles. The molecule has 3 aromatic rings. The zero-order valence-corrected chi connectivity index (χ0v) is 15.4. The number of aliphatic hydroxyl groups is 1. The van der Waals surface area contributed by atoms with E-state index in [1.165, 1.54) is 11.8 Å². The second-order valence-corrected chi connectivity index (χ2v) is 6.73. The van der Waals surface area contributed by atoms with E-state index in [4.69, 9.17) is 16.7 Å². The van der Waals surface area contributed by atoms with Crippen LogP contribution in [0.25, 0.3) is 17.1 Å². The minimum absolute atomic E-state index is 0.0860. The van der Waals surface area contributed by atoms with Crippen molar-refractivity contribution in [2.24, 2.45) is 0 Å². The summed E-state index contributed by atoms with van der Waals surface area (Å²) in [5.74, 6) is 0.692. The molecule has 3 rings (SSSR count). The van der Waals surface area contributed by atoms with Gasteiger partial charge in [-0.1, -0.05) is 41.6 Å². The van der Waals surface area contributed by atoms with E-state index in [2.05, 4.69) is 15.5 Å². The van der Waals surface area contributed by atoms with Crippen molar-refractivity contribution in [2.75, 3.05) is 18.9 Å². The van der Waals surface area contributed by atoms with Crippen molar-refractivity contribution >= 4 is 29.3 Å². The first-order valence-corrected chi connectivity index (χ1v) is 9.32. The van der Waals surface area contributed by atoms with Crippen LogP contribution < -0.4 is 5.32 Å². The summed E-state index contributed by atoms with van der Waals surface area (Å²) in [4.78, 5) is 11.8. The Hall–Kier alpha value is -2.35. The Morgan fingerprint density at radius 2 is 1.85 bits per heavy atom. The number of thioether (sulfide) groups is 1. The molecule has 0 saturated heterocycles. The van der Waals surface area contributed by atoms with Crippen LogP contribution in [0.15, 0.2) is 59.8 Å². The van der Waals surface area contributed by atoms with Crippen LogP contribution in [0.2, 0.25) is 5.02 Å². The second kappa shape index (κ2) is 8.84. The summed E-state index contributed by atoms with van der Waals surface area (Å²) >= 11 is 7.27. The average Bonchev–Trinajstić information content (AvgIpc) is 3.10. The summed E-state index contributed by atoms with van der Waals surface area (Å²) in [6.45, 7) is 0.151. The molecular formula is C18H17ClN4O2S. The predicted octanol–water partition coefficient (Wildman–Crippen LogP) is 2.79. The Labute approximate surface area is 160 Å². The van der Waals surface area contributed by atoms with Gasteiger partial charge in [-0.3, -0.25) is 9.36 Å². The smallest absolute Gasteiger partial charge is 0.230 e. The van der Waals surface area contributed by atoms with Gasteiger partial charge >= 0.3 is 0 Å². The number of aliphatic hydroxyl groups excluding tert-OH is 1. The molecule has 0 unspecified atom stereocenters. The highest BCUT2D eigenvalue weighted by Gasteiger charge is 2.17. The van der Waals surface area contributed by atoms with Gasteiger partial charge in [0, 0.05) is 22.8 Å². The molecule has 1 amide bonds. The maximum atomic E-state index is 11.8. The molecule has 6 nitrogen and oxygen atoms in total. The molecule has 0 saturated carbocycles. The van der Waals surface area contributed by atoms with Gasteiger partial charge in [-0.05, 0) is 36.4 Å². The number of hydrogen-bond donors (Lipinski definition) is 2. The van der Waals surface area contributed by atoms with E-state index in [9.17, 15) is 4.79 Å². The van der Waals surface area contributed by atoms with E-state index in [1.807, 2.05) is 47.0 Å². The third kappa shape index (κ3) is 4.43. The molecule has 0 aliphatic heterocycles. The van der Waals surface area contributed by atoms with Gasteiger partial charge in [0.1, 0.15) is 0 Å². The van der Waals surface area contributed by atoms with Crippen molar-refractivity contribution in [3.05, 3.63) is 59.6 Å². The van der Waals surface area contributed by atoms with Crippen molar-refractivity contribution in [2.45, 2.75) is 5.16 Å². The fourth-order valence-corrected chi connectivity index (χ4v) is 3.24. The van der Waals surface area contributed by atoms with Gasteiger partial charge in [-0.2, -0.15) is 0 Å². The normalized spacial score (nSPS) is 10.7. The molecule has 8 heteroatoms. The average molecular weight is 389 g/mol. The monoisotopic (exact) mass is 388 g/mol. The molecule has 0 radical (unpaired) electrons. The maximum Gasteiger partial charge on any atom is 0.230 e. The number of carbonyl (C=O) groups excluding carboxylic acids is 1. The predicted molar refractivity (Wildman–Crippen MR) is 103 cm³/mol. The van der Waals surface area contributed by atoms with Crippen LogP contribution in [0.5, 0.6) is 0 Å². The molecule has 0 spiro atoms. The number of nitrogens with one attached hydrogen (secondary N) is 1. The zero-order valence-electron chi connectivity index (χ0n) is 13.8.